The number of fused-ring (bicyclic) bond motifs is 1. The normalized spacial score (nSPS) is 13.8. The maximum Gasteiger partial charge on any atom is 0.337 e. The van der Waals surface area contributed by atoms with E-state index in [9.17, 15) is 14.7 Å². The average molecular weight is 339 g/mol. The molecule has 1 saturated carbocycles. The zero-order chi connectivity index (χ0) is 16.7. The minimum Gasteiger partial charge on any atom is -0.478 e. The van der Waals surface area contributed by atoms with Crippen molar-refractivity contribution in [2.24, 2.45) is 0 Å². The molecule has 0 bridgehead atoms. The van der Waals surface area contributed by atoms with E-state index in [4.69, 9.17) is 0 Å². The number of amides is 1. The van der Waals surface area contributed by atoms with Crippen molar-refractivity contribution >= 4 is 39.1 Å². The van der Waals surface area contributed by atoms with Crippen molar-refractivity contribution in [3.63, 3.8) is 0 Å². The SMILES string of the molecule is O=C(Nc1nnc(C2CC2)s1)c1ccc2ccccc2c1C(=O)O. The van der Waals surface area contributed by atoms with Crippen molar-refractivity contribution in [3.05, 3.63) is 52.5 Å². The number of rotatable bonds is 4. The van der Waals surface area contributed by atoms with Crippen LogP contribution in [0.5, 0.6) is 0 Å². The first-order valence-electron chi connectivity index (χ1n) is 7.53. The van der Waals surface area contributed by atoms with Crippen molar-refractivity contribution < 1.29 is 14.7 Å². The molecule has 3 aromatic rings. The number of carboxylic acid groups (broad SMARTS) is 1. The monoisotopic (exact) mass is 339 g/mol. The summed E-state index contributed by atoms with van der Waals surface area (Å²) in [5, 5.41) is 22.9. The van der Waals surface area contributed by atoms with Gasteiger partial charge in [0.1, 0.15) is 5.01 Å². The Morgan fingerprint density at radius 1 is 1.12 bits per heavy atom. The van der Waals surface area contributed by atoms with Gasteiger partial charge in [0.05, 0.1) is 11.1 Å². The van der Waals surface area contributed by atoms with Gasteiger partial charge < -0.3 is 5.11 Å². The molecule has 0 aliphatic heterocycles. The predicted octanol–water partition coefficient (Wildman–Crippen LogP) is 3.52. The van der Waals surface area contributed by atoms with E-state index in [1.807, 2.05) is 12.1 Å². The molecule has 24 heavy (non-hydrogen) atoms. The van der Waals surface area contributed by atoms with Crippen molar-refractivity contribution in [1.82, 2.24) is 10.2 Å². The fourth-order valence-corrected chi connectivity index (χ4v) is 3.54. The maximum absolute atomic E-state index is 12.5. The first kappa shape index (κ1) is 14.8. The molecular weight excluding hydrogens is 326 g/mol. The molecule has 1 aliphatic rings. The topological polar surface area (TPSA) is 92.2 Å². The van der Waals surface area contributed by atoms with Crippen molar-refractivity contribution in [2.45, 2.75) is 18.8 Å². The van der Waals surface area contributed by atoms with Gasteiger partial charge in [-0.05, 0) is 29.7 Å². The molecule has 7 heteroatoms. The third-order valence-corrected chi connectivity index (χ3v) is 4.98. The Kier molecular flexibility index (Phi) is 3.50. The molecule has 6 nitrogen and oxygen atoms in total. The highest BCUT2D eigenvalue weighted by atomic mass is 32.1. The number of benzene rings is 2. The molecule has 0 saturated heterocycles. The van der Waals surface area contributed by atoms with Gasteiger partial charge in [0.15, 0.2) is 0 Å². The van der Waals surface area contributed by atoms with Crippen LogP contribution in [-0.2, 0) is 0 Å². The number of nitrogens with one attached hydrogen (secondary N) is 1. The number of carboxylic acids is 1. The first-order chi connectivity index (χ1) is 11.6. The minimum absolute atomic E-state index is 0.00229. The summed E-state index contributed by atoms with van der Waals surface area (Å²) in [5.74, 6) is -1.16. The Bertz CT molecular complexity index is 963. The molecule has 0 atom stereocenters. The molecule has 2 aromatic carbocycles. The van der Waals surface area contributed by atoms with Crippen LogP contribution >= 0.6 is 11.3 Å². The fourth-order valence-electron chi connectivity index (χ4n) is 2.64. The van der Waals surface area contributed by atoms with Crippen LogP contribution in [-0.4, -0.2) is 27.2 Å². The Morgan fingerprint density at radius 3 is 2.67 bits per heavy atom. The standard InChI is InChI=1S/C17H13N3O3S/c21-14(18-17-20-19-15(24-17)10-5-6-10)12-8-7-9-3-1-2-4-11(9)13(12)16(22)23/h1-4,7-8,10H,5-6H2,(H,22,23)(H,18,20,21). The molecule has 0 spiro atoms. The van der Waals surface area contributed by atoms with E-state index >= 15 is 0 Å². The highest BCUT2D eigenvalue weighted by Gasteiger charge is 2.28. The van der Waals surface area contributed by atoms with Gasteiger partial charge in [-0.25, -0.2) is 4.79 Å². The predicted molar refractivity (Wildman–Crippen MR) is 90.7 cm³/mol. The highest BCUT2D eigenvalue weighted by Crippen LogP contribution is 2.42. The van der Waals surface area contributed by atoms with Gasteiger partial charge in [0.25, 0.3) is 5.91 Å². The van der Waals surface area contributed by atoms with Gasteiger partial charge in [-0.3, -0.25) is 10.1 Å². The smallest absolute Gasteiger partial charge is 0.337 e. The quantitative estimate of drug-likeness (QED) is 0.759. The van der Waals surface area contributed by atoms with Crippen molar-refractivity contribution in [1.29, 1.82) is 0 Å². The number of aromatic carboxylic acids is 1. The number of anilines is 1. The van der Waals surface area contributed by atoms with E-state index in [1.54, 1.807) is 18.2 Å². The summed E-state index contributed by atoms with van der Waals surface area (Å²) in [4.78, 5) is 24.2. The van der Waals surface area contributed by atoms with Gasteiger partial charge in [0.2, 0.25) is 5.13 Å². The van der Waals surface area contributed by atoms with Gasteiger partial charge in [-0.1, -0.05) is 41.7 Å². The first-order valence-corrected chi connectivity index (χ1v) is 8.35. The summed E-state index contributed by atoms with van der Waals surface area (Å²) in [6.07, 6.45) is 2.22. The van der Waals surface area contributed by atoms with Crippen molar-refractivity contribution in [3.8, 4) is 0 Å². The van der Waals surface area contributed by atoms with E-state index in [2.05, 4.69) is 15.5 Å². The lowest BCUT2D eigenvalue weighted by Gasteiger charge is -2.09. The third kappa shape index (κ3) is 2.63. The lowest BCUT2D eigenvalue weighted by molar-refractivity contribution is 0.0695. The Morgan fingerprint density at radius 2 is 1.92 bits per heavy atom. The second kappa shape index (κ2) is 5.68. The van der Waals surface area contributed by atoms with Crippen LogP contribution in [0.25, 0.3) is 10.8 Å². The molecule has 1 amide bonds. The summed E-state index contributed by atoms with van der Waals surface area (Å²) >= 11 is 1.34. The number of carbonyl (C=O) groups is 2. The van der Waals surface area contributed by atoms with E-state index in [0.717, 1.165) is 23.2 Å². The molecule has 1 aliphatic carbocycles. The van der Waals surface area contributed by atoms with Crippen LogP contribution in [0.2, 0.25) is 0 Å². The molecule has 1 fully saturated rings. The number of nitrogens with zero attached hydrogens (tertiary/aromatic N) is 2. The lowest BCUT2D eigenvalue weighted by atomic mass is 9.98. The summed E-state index contributed by atoms with van der Waals surface area (Å²) in [6.45, 7) is 0. The Hall–Kier alpha value is -2.80. The number of aromatic nitrogens is 2. The second-order valence-electron chi connectivity index (χ2n) is 5.69. The molecule has 0 radical (unpaired) electrons. The van der Waals surface area contributed by atoms with Gasteiger partial charge >= 0.3 is 5.97 Å². The zero-order valence-electron chi connectivity index (χ0n) is 12.5. The maximum atomic E-state index is 12.5. The van der Waals surface area contributed by atoms with Crippen LogP contribution in [0.1, 0.15) is 44.5 Å². The van der Waals surface area contributed by atoms with Crippen LogP contribution in [0.15, 0.2) is 36.4 Å². The van der Waals surface area contributed by atoms with Gasteiger partial charge in [-0.2, -0.15) is 0 Å². The molecular formula is C17H13N3O3S. The lowest BCUT2D eigenvalue weighted by Crippen LogP contribution is -2.16. The van der Waals surface area contributed by atoms with Crippen LogP contribution in [0.4, 0.5) is 5.13 Å². The number of hydrogen-bond donors (Lipinski definition) is 2. The summed E-state index contributed by atoms with van der Waals surface area (Å²) in [5.41, 5.74) is 0.113. The Balaban J connectivity index is 1.70. The van der Waals surface area contributed by atoms with Gasteiger partial charge in [-0.15, -0.1) is 10.2 Å². The third-order valence-electron chi connectivity index (χ3n) is 3.98. The zero-order valence-corrected chi connectivity index (χ0v) is 13.3. The van der Waals surface area contributed by atoms with Crippen LogP contribution in [0.3, 0.4) is 0 Å². The average Bonchev–Trinajstić information content (AvgIpc) is 3.33. The highest BCUT2D eigenvalue weighted by molar-refractivity contribution is 7.15. The van der Waals surface area contributed by atoms with E-state index in [1.165, 1.54) is 17.4 Å². The molecule has 120 valence electrons. The molecule has 0 unspecified atom stereocenters. The fraction of sp³-hybridized carbons (Fsp3) is 0.176. The van der Waals surface area contributed by atoms with Crippen LogP contribution < -0.4 is 5.32 Å². The summed E-state index contributed by atoms with van der Waals surface area (Å²) in [6, 6.07) is 10.4. The van der Waals surface area contributed by atoms with Crippen molar-refractivity contribution in [2.75, 3.05) is 5.32 Å². The second-order valence-corrected chi connectivity index (χ2v) is 6.70. The molecule has 2 N–H and O–H groups in total. The number of hydrogen-bond acceptors (Lipinski definition) is 5. The summed E-state index contributed by atoms with van der Waals surface area (Å²) in [7, 11) is 0. The van der Waals surface area contributed by atoms with E-state index < -0.39 is 11.9 Å². The largest absolute Gasteiger partial charge is 0.478 e. The molecule has 1 aromatic heterocycles. The Labute approximate surface area is 141 Å². The minimum atomic E-state index is -1.13. The molecule has 1 heterocycles. The van der Waals surface area contributed by atoms with E-state index in [0.29, 0.717) is 16.4 Å². The summed E-state index contributed by atoms with van der Waals surface area (Å²) < 4.78 is 0. The van der Waals surface area contributed by atoms with Gasteiger partial charge in [0, 0.05) is 5.92 Å². The molecule has 4 rings (SSSR count). The van der Waals surface area contributed by atoms with Crippen LogP contribution in [0, 0.1) is 0 Å². The number of carbonyl (C=O) groups excluding carboxylic acids is 1. The van der Waals surface area contributed by atoms with E-state index in [-0.39, 0.29) is 11.1 Å².